The van der Waals surface area contributed by atoms with Crippen molar-refractivity contribution in [3.8, 4) is 0 Å². The van der Waals surface area contributed by atoms with E-state index < -0.39 is 5.92 Å². The van der Waals surface area contributed by atoms with Crippen LogP contribution in [0.25, 0.3) is 0 Å². The Kier molecular flexibility index (Phi) is 5.45. The Morgan fingerprint density at radius 1 is 1.28 bits per heavy atom. The van der Waals surface area contributed by atoms with E-state index in [0.717, 1.165) is 16.6 Å². The van der Waals surface area contributed by atoms with Crippen LogP contribution in [-0.2, 0) is 16.0 Å². The maximum atomic E-state index is 12.5. The lowest BCUT2D eigenvalue weighted by Gasteiger charge is -2.17. The van der Waals surface area contributed by atoms with Gasteiger partial charge < -0.3 is 10.2 Å². The second-order valence-electron chi connectivity index (χ2n) is 6.04. The number of aryl methyl sites for hydroxylation is 1. The number of nitrogens with one attached hydrogen (secondary N) is 1. The summed E-state index contributed by atoms with van der Waals surface area (Å²) < 4.78 is 0.841. The molecule has 1 aliphatic heterocycles. The van der Waals surface area contributed by atoms with E-state index in [9.17, 15) is 9.59 Å². The number of carbonyl (C=O) groups is 2. The van der Waals surface area contributed by atoms with Gasteiger partial charge in [0.05, 0.1) is 16.6 Å². The fourth-order valence-electron chi connectivity index (χ4n) is 2.87. The highest BCUT2D eigenvalue weighted by molar-refractivity contribution is 9.10. The van der Waals surface area contributed by atoms with Gasteiger partial charge >= 0.3 is 0 Å². The molecule has 6 heteroatoms. The predicted molar refractivity (Wildman–Crippen MR) is 104 cm³/mol. The largest absolute Gasteiger partial charge is 0.324 e. The van der Waals surface area contributed by atoms with E-state index >= 15 is 0 Å². The molecule has 0 spiro atoms. The Morgan fingerprint density at radius 2 is 2.00 bits per heavy atom. The molecule has 2 amide bonds. The summed E-state index contributed by atoms with van der Waals surface area (Å²) in [5.41, 5.74) is 2.60. The number of rotatable bonds is 4. The zero-order chi connectivity index (χ0) is 18.0. The molecular weight excluding hydrogens is 404 g/mol. The van der Waals surface area contributed by atoms with E-state index in [-0.39, 0.29) is 18.2 Å². The van der Waals surface area contributed by atoms with E-state index in [1.165, 1.54) is 5.56 Å². The number of halogens is 2. The Bertz CT molecular complexity index is 808. The van der Waals surface area contributed by atoms with E-state index in [2.05, 4.69) is 28.2 Å². The van der Waals surface area contributed by atoms with Gasteiger partial charge in [-0.1, -0.05) is 46.6 Å². The van der Waals surface area contributed by atoms with Crippen LogP contribution in [0.2, 0.25) is 5.02 Å². The molecule has 130 valence electrons. The lowest BCUT2D eigenvalue weighted by Crippen LogP contribution is -2.28. The Hall–Kier alpha value is -1.85. The van der Waals surface area contributed by atoms with Crippen LogP contribution < -0.4 is 10.2 Å². The normalized spacial score (nSPS) is 17.0. The van der Waals surface area contributed by atoms with Crippen LogP contribution in [0.4, 0.5) is 11.4 Å². The summed E-state index contributed by atoms with van der Waals surface area (Å²) in [6, 6.07) is 13.2. The topological polar surface area (TPSA) is 49.4 Å². The van der Waals surface area contributed by atoms with Crippen molar-refractivity contribution in [1.29, 1.82) is 0 Å². The van der Waals surface area contributed by atoms with Gasteiger partial charge in [-0.25, -0.2) is 0 Å². The van der Waals surface area contributed by atoms with Gasteiger partial charge in [-0.05, 0) is 42.3 Å². The zero-order valence-corrected chi connectivity index (χ0v) is 16.1. The van der Waals surface area contributed by atoms with Crippen molar-refractivity contribution in [1.82, 2.24) is 0 Å². The number of hydrogen-bond acceptors (Lipinski definition) is 2. The maximum absolute atomic E-state index is 12.5. The first kappa shape index (κ1) is 18.0. The van der Waals surface area contributed by atoms with Gasteiger partial charge in [-0.15, -0.1) is 0 Å². The van der Waals surface area contributed by atoms with Crippen molar-refractivity contribution in [2.45, 2.75) is 19.8 Å². The summed E-state index contributed by atoms with van der Waals surface area (Å²) in [6.45, 7) is 2.47. The van der Waals surface area contributed by atoms with Crippen molar-refractivity contribution in [2.75, 3.05) is 16.8 Å². The molecule has 3 rings (SSSR count). The molecule has 1 heterocycles. The van der Waals surface area contributed by atoms with Gasteiger partial charge in [-0.2, -0.15) is 0 Å². The second kappa shape index (κ2) is 7.58. The average molecular weight is 422 g/mol. The Morgan fingerprint density at radius 3 is 2.64 bits per heavy atom. The van der Waals surface area contributed by atoms with E-state index in [1.807, 2.05) is 30.3 Å². The molecule has 1 atom stereocenters. The third-order valence-electron chi connectivity index (χ3n) is 4.34. The molecule has 0 radical (unpaired) electrons. The molecule has 0 bridgehead atoms. The van der Waals surface area contributed by atoms with Gasteiger partial charge in [0.25, 0.3) is 0 Å². The third kappa shape index (κ3) is 4.05. The van der Waals surface area contributed by atoms with Crippen molar-refractivity contribution < 1.29 is 9.59 Å². The highest BCUT2D eigenvalue weighted by Crippen LogP contribution is 2.29. The summed E-state index contributed by atoms with van der Waals surface area (Å²) in [7, 11) is 0. The highest BCUT2D eigenvalue weighted by Gasteiger charge is 2.35. The first-order chi connectivity index (χ1) is 12.0. The molecule has 2 aromatic rings. The molecule has 0 saturated carbocycles. The monoisotopic (exact) mass is 420 g/mol. The van der Waals surface area contributed by atoms with Crippen LogP contribution in [0, 0.1) is 5.92 Å². The quantitative estimate of drug-likeness (QED) is 0.781. The molecule has 1 N–H and O–H groups in total. The minimum absolute atomic E-state index is 0.0358. The predicted octanol–water partition coefficient (Wildman–Crippen LogP) is 4.66. The SMILES string of the molecule is CCc1ccc(N2C[C@@H](C(=O)Nc3ccc(Br)cc3Cl)CC2=O)cc1. The van der Waals surface area contributed by atoms with Crippen molar-refractivity contribution >= 4 is 50.7 Å². The molecular formula is C19H18BrClN2O2. The first-order valence-electron chi connectivity index (χ1n) is 8.13. The fraction of sp³-hybridized carbons (Fsp3) is 0.263. The van der Waals surface area contributed by atoms with Crippen molar-refractivity contribution in [2.24, 2.45) is 5.92 Å². The molecule has 0 aliphatic carbocycles. The van der Waals surface area contributed by atoms with Gasteiger partial charge in [0, 0.05) is 23.1 Å². The average Bonchev–Trinajstić information content (AvgIpc) is 2.99. The standard InChI is InChI=1S/C19H18BrClN2O2/c1-2-12-3-6-15(7-4-12)23-11-13(9-18(23)24)19(25)22-17-8-5-14(20)10-16(17)21/h3-8,10,13H,2,9,11H2,1H3,(H,22,25)/t13-/m0/s1. The summed E-state index contributed by atoms with van der Waals surface area (Å²) >= 11 is 9.47. The Labute approximate surface area is 160 Å². The number of amides is 2. The van der Waals surface area contributed by atoms with Crippen LogP contribution in [0.3, 0.4) is 0 Å². The third-order valence-corrected chi connectivity index (χ3v) is 5.15. The van der Waals surface area contributed by atoms with Crippen LogP contribution in [0.15, 0.2) is 46.9 Å². The maximum Gasteiger partial charge on any atom is 0.229 e. The number of benzene rings is 2. The lowest BCUT2D eigenvalue weighted by molar-refractivity contribution is -0.122. The van der Waals surface area contributed by atoms with Crippen molar-refractivity contribution in [3.63, 3.8) is 0 Å². The Balaban J connectivity index is 1.69. The van der Waals surface area contributed by atoms with E-state index in [4.69, 9.17) is 11.6 Å². The van der Waals surface area contributed by atoms with E-state index in [1.54, 1.807) is 17.0 Å². The molecule has 1 fully saturated rings. The summed E-state index contributed by atoms with van der Waals surface area (Å²) in [4.78, 5) is 26.5. The minimum atomic E-state index is -0.391. The highest BCUT2D eigenvalue weighted by atomic mass is 79.9. The van der Waals surface area contributed by atoms with Gasteiger partial charge in [0.15, 0.2) is 0 Å². The van der Waals surface area contributed by atoms with Gasteiger partial charge in [0.2, 0.25) is 11.8 Å². The molecule has 1 saturated heterocycles. The molecule has 0 unspecified atom stereocenters. The number of hydrogen-bond donors (Lipinski definition) is 1. The van der Waals surface area contributed by atoms with Crippen LogP contribution in [-0.4, -0.2) is 18.4 Å². The molecule has 0 aromatic heterocycles. The van der Waals surface area contributed by atoms with Crippen LogP contribution >= 0.6 is 27.5 Å². The van der Waals surface area contributed by atoms with Crippen LogP contribution in [0.5, 0.6) is 0 Å². The van der Waals surface area contributed by atoms with Crippen molar-refractivity contribution in [3.05, 3.63) is 57.5 Å². The van der Waals surface area contributed by atoms with E-state index in [0.29, 0.717) is 17.3 Å². The summed E-state index contributed by atoms with van der Waals surface area (Å²) in [6.07, 6.45) is 1.16. The van der Waals surface area contributed by atoms with Gasteiger partial charge in [0.1, 0.15) is 0 Å². The smallest absolute Gasteiger partial charge is 0.229 e. The lowest BCUT2D eigenvalue weighted by atomic mass is 10.1. The zero-order valence-electron chi connectivity index (χ0n) is 13.8. The molecule has 4 nitrogen and oxygen atoms in total. The summed E-state index contributed by atoms with van der Waals surface area (Å²) in [5, 5.41) is 3.28. The molecule has 2 aromatic carbocycles. The number of anilines is 2. The minimum Gasteiger partial charge on any atom is -0.324 e. The van der Waals surface area contributed by atoms with Gasteiger partial charge in [-0.3, -0.25) is 9.59 Å². The number of carbonyl (C=O) groups excluding carboxylic acids is 2. The number of nitrogens with zero attached hydrogens (tertiary/aromatic N) is 1. The first-order valence-corrected chi connectivity index (χ1v) is 9.30. The second-order valence-corrected chi connectivity index (χ2v) is 7.36. The molecule has 1 aliphatic rings. The summed E-state index contributed by atoms with van der Waals surface area (Å²) in [5.74, 6) is -0.616. The molecule has 25 heavy (non-hydrogen) atoms. The van der Waals surface area contributed by atoms with Crippen LogP contribution in [0.1, 0.15) is 18.9 Å². The fourth-order valence-corrected chi connectivity index (χ4v) is 3.59.